The van der Waals surface area contributed by atoms with E-state index in [4.69, 9.17) is 9.47 Å². The Bertz CT molecular complexity index is 1110. The van der Waals surface area contributed by atoms with Crippen LogP contribution in [-0.2, 0) is 18.3 Å². The molecule has 8 nitrogen and oxygen atoms in total. The van der Waals surface area contributed by atoms with Crippen LogP contribution in [0.15, 0.2) is 53.1 Å². The number of amides is 2. The molecule has 0 bridgehead atoms. The SMILES string of the molecule is Cn1ncc(Br)c1-c1cc(NC(=O)NCc2cccc(F)c2)ccc1OCCN1CCOCC1. The van der Waals surface area contributed by atoms with Crippen LogP contribution >= 0.6 is 15.9 Å². The lowest BCUT2D eigenvalue weighted by atomic mass is 10.1. The summed E-state index contributed by atoms with van der Waals surface area (Å²) < 4.78 is 27.5. The third kappa shape index (κ3) is 6.34. The number of nitrogens with zero attached hydrogens (tertiary/aromatic N) is 3. The Morgan fingerprint density at radius 2 is 2.06 bits per heavy atom. The molecular weight excluding hydrogens is 505 g/mol. The number of carbonyl (C=O) groups excluding carboxylic acids is 1. The summed E-state index contributed by atoms with van der Waals surface area (Å²) in [6, 6.07) is 11.2. The van der Waals surface area contributed by atoms with Crippen LogP contribution in [-0.4, -0.2) is 60.2 Å². The van der Waals surface area contributed by atoms with Gasteiger partial charge in [0.15, 0.2) is 0 Å². The molecule has 0 radical (unpaired) electrons. The highest BCUT2D eigenvalue weighted by Gasteiger charge is 2.17. The highest BCUT2D eigenvalue weighted by atomic mass is 79.9. The molecule has 0 aliphatic carbocycles. The average molecular weight is 532 g/mol. The quantitative estimate of drug-likeness (QED) is 0.458. The molecule has 1 aromatic heterocycles. The maximum absolute atomic E-state index is 13.4. The molecule has 1 aliphatic rings. The maximum atomic E-state index is 13.4. The zero-order chi connectivity index (χ0) is 23.9. The molecule has 2 aromatic carbocycles. The highest BCUT2D eigenvalue weighted by molar-refractivity contribution is 9.10. The zero-order valence-electron chi connectivity index (χ0n) is 18.9. The van der Waals surface area contributed by atoms with Gasteiger partial charge in [-0.05, 0) is 51.8 Å². The first kappa shape index (κ1) is 24.2. The van der Waals surface area contributed by atoms with Crippen molar-refractivity contribution in [2.75, 3.05) is 44.8 Å². The number of ether oxygens (including phenoxy) is 2. The van der Waals surface area contributed by atoms with E-state index in [9.17, 15) is 9.18 Å². The Morgan fingerprint density at radius 3 is 2.79 bits per heavy atom. The molecule has 180 valence electrons. The van der Waals surface area contributed by atoms with Crippen molar-refractivity contribution >= 4 is 27.6 Å². The van der Waals surface area contributed by atoms with Crippen LogP contribution in [0.5, 0.6) is 5.75 Å². The smallest absolute Gasteiger partial charge is 0.319 e. The van der Waals surface area contributed by atoms with Crippen LogP contribution in [0.4, 0.5) is 14.9 Å². The number of hydrogen-bond acceptors (Lipinski definition) is 5. The summed E-state index contributed by atoms with van der Waals surface area (Å²) in [5.41, 5.74) is 2.92. The number of rotatable bonds is 8. The van der Waals surface area contributed by atoms with Gasteiger partial charge < -0.3 is 20.1 Å². The Kier molecular flexibility index (Phi) is 8.15. The van der Waals surface area contributed by atoms with E-state index in [1.165, 1.54) is 12.1 Å². The van der Waals surface area contributed by atoms with Gasteiger partial charge in [-0.15, -0.1) is 0 Å². The molecule has 0 saturated carbocycles. The second kappa shape index (κ2) is 11.5. The third-order valence-electron chi connectivity index (χ3n) is 5.50. The van der Waals surface area contributed by atoms with Crippen LogP contribution in [0.25, 0.3) is 11.3 Å². The van der Waals surface area contributed by atoms with E-state index in [1.807, 2.05) is 19.2 Å². The Balaban J connectivity index is 1.45. The molecule has 1 saturated heterocycles. The summed E-state index contributed by atoms with van der Waals surface area (Å²) in [6.07, 6.45) is 1.72. The van der Waals surface area contributed by atoms with Crippen LogP contribution in [0.1, 0.15) is 5.56 Å². The van der Waals surface area contributed by atoms with Gasteiger partial charge in [-0.2, -0.15) is 5.10 Å². The van der Waals surface area contributed by atoms with Crippen molar-refractivity contribution in [1.29, 1.82) is 0 Å². The summed E-state index contributed by atoms with van der Waals surface area (Å²) in [7, 11) is 1.85. The fraction of sp³-hybridized carbons (Fsp3) is 0.333. The predicted octanol–water partition coefficient (Wildman–Crippen LogP) is 4.02. The topological polar surface area (TPSA) is 80.7 Å². The van der Waals surface area contributed by atoms with Crippen LogP contribution < -0.4 is 15.4 Å². The van der Waals surface area contributed by atoms with Gasteiger partial charge in [0, 0.05) is 44.5 Å². The molecule has 3 aromatic rings. The largest absolute Gasteiger partial charge is 0.492 e. The molecule has 10 heteroatoms. The van der Waals surface area contributed by atoms with E-state index in [-0.39, 0.29) is 18.4 Å². The first-order chi connectivity index (χ1) is 16.5. The zero-order valence-corrected chi connectivity index (χ0v) is 20.5. The highest BCUT2D eigenvalue weighted by Crippen LogP contribution is 2.36. The minimum absolute atomic E-state index is 0.215. The summed E-state index contributed by atoms with van der Waals surface area (Å²) >= 11 is 3.56. The fourth-order valence-electron chi connectivity index (χ4n) is 3.75. The van der Waals surface area contributed by atoms with Crippen molar-refractivity contribution in [3.63, 3.8) is 0 Å². The summed E-state index contributed by atoms with van der Waals surface area (Å²) in [4.78, 5) is 14.8. The number of benzene rings is 2. The monoisotopic (exact) mass is 531 g/mol. The van der Waals surface area contributed by atoms with Gasteiger partial charge in [0.05, 0.1) is 29.6 Å². The molecular formula is C24H27BrFN5O3. The molecule has 4 rings (SSSR count). The second-order valence-corrected chi connectivity index (χ2v) is 8.77. The molecule has 0 spiro atoms. The molecule has 1 fully saturated rings. The number of morpholine rings is 1. The van der Waals surface area contributed by atoms with E-state index in [0.717, 1.165) is 48.6 Å². The van der Waals surface area contributed by atoms with Crippen LogP contribution in [0.2, 0.25) is 0 Å². The number of anilines is 1. The lowest BCUT2D eigenvalue weighted by Gasteiger charge is -2.26. The average Bonchev–Trinajstić information content (AvgIpc) is 3.17. The van der Waals surface area contributed by atoms with Gasteiger partial charge in [-0.25, -0.2) is 9.18 Å². The van der Waals surface area contributed by atoms with Crippen molar-refractivity contribution in [2.24, 2.45) is 7.05 Å². The molecule has 34 heavy (non-hydrogen) atoms. The Hall–Kier alpha value is -2.95. The number of hydrogen-bond donors (Lipinski definition) is 2. The maximum Gasteiger partial charge on any atom is 0.319 e. The van der Waals surface area contributed by atoms with Gasteiger partial charge in [0.1, 0.15) is 18.2 Å². The number of carbonyl (C=O) groups is 1. The number of aryl methyl sites for hydroxylation is 1. The molecule has 0 unspecified atom stereocenters. The minimum atomic E-state index is -0.389. The number of aromatic nitrogens is 2. The van der Waals surface area contributed by atoms with Crippen LogP contribution in [0.3, 0.4) is 0 Å². The normalized spacial score (nSPS) is 14.1. The Labute approximate surface area is 206 Å². The van der Waals surface area contributed by atoms with E-state index < -0.39 is 0 Å². The van der Waals surface area contributed by atoms with Gasteiger partial charge in [0.25, 0.3) is 0 Å². The molecule has 1 aliphatic heterocycles. The van der Waals surface area contributed by atoms with Gasteiger partial charge in [0.2, 0.25) is 0 Å². The third-order valence-corrected chi connectivity index (χ3v) is 6.08. The van der Waals surface area contributed by atoms with Gasteiger partial charge in [-0.3, -0.25) is 9.58 Å². The molecule has 2 heterocycles. The minimum Gasteiger partial charge on any atom is -0.492 e. The molecule has 2 N–H and O–H groups in total. The van der Waals surface area contributed by atoms with E-state index >= 15 is 0 Å². The first-order valence-electron chi connectivity index (χ1n) is 11.0. The second-order valence-electron chi connectivity index (χ2n) is 7.92. The first-order valence-corrected chi connectivity index (χ1v) is 11.8. The van der Waals surface area contributed by atoms with Crippen molar-refractivity contribution in [1.82, 2.24) is 20.0 Å². The van der Waals surface area contributed by atoms with E-state index in [0.29, 0.717) is 23.6 Å². The van der Waals surface area contributed by atoms with Gasteiger partial charge in [-0.1, -0.05) is 12.1 Å². The van der Waals surface area contributed by atoms with E-state index in [2.05, 4.69) is 36.6 Å². The summed E-state index contributed by atoms with van der Waals surface area (Å²) in [6.45, 7) is 4.84. The summed E-state index contributed by atoms with van der Waals surface area (Å²) in [5.74, 6) is 0.360. The fourth-order valence-corrected chi connectivity index (χ4v) is 4.31. The van der Waals surface area contributed by atoms with Gasteiger partial charge >= 0.3 is 6.03 Å². The standard InChI is InChI=1S/C24H27BrFN5O3/c1-30-23(21(25)16-28-30)20-14-19(29-24(32)27-15-17-3-2-4-18(26)13-17)5-6-22(20)34-12-9-31-7-10-33-11-8-31/h2-6,13-14,16H,7-12,15H2,1H3,(H2,27,29,32). The predicted molar refractivity (Wildman–Crippen MR) is 131 cm³/mol. The van der Waals surface area contributed by atoms with Crippen LogP contribution in [0, 0.1) is 5.82 Å². The number of nitrogens with one attached hydrogen (secondary N) is 2. The van der Waals surface area contributed by atoms with E-state index in [1.54, 1.807) is 29.1 Å². The summed E-state index contributed by atoms with van der Waals surface area (Å²) in [5, 5.41) is 9.89. The number of halogens is 2. The van der Waals surface area contributed by atoms with Crippen molar-refractivity contribution in [2.45, 2.75) is 6.54 Å². The molecule has 2 amide bonds. The lowest BCUT2D eigenvalue weighted by Crippen LogP contribution is -2.38. The number of urea groups is 1. The van der Waals surface area contributed by atoms with Crippen molar-refractivity contribution in [3.8, 4) is 17.0 Å². The lowest BCUT2D eigenvalue weighted by molar-refractivity contribution is 0.0323. The molecule has 0 atom stereocenters. The Morgan fingerprint density at radius 1 is 1.24 bits per heavy atom. The van der Waals surface area contributed by atoms with Crippen molar-refractivity contribution < 1.29 is 18.7 Å². The van der Waals surface area contributed by atoms with Crippen molar-refractivity contribution in [3.05, 3.63) is 64.5 Å².